The second-order valence-corrected chi connectivity index (χ2v) is 4.22. The van der Waals surface area contributed by atoms with E-state index in [1.54, 1.807) is 17.1 Å². The van der Waals surface area contributed by atoms with Gasteiger partial charge in [0.15, 0.2) is 0 Å². The Hall–Kier alpha value is -1.56. The van der Waals surface area contributed by atoms with Crippen molar-refractivity contribution in [2.24, 2.45) is 5.92 Å². The number of aliphatic carboxylic acids is 1. The SMILES string of the molecule is O=C(O)C1C=CC(NC(=O)N2CCOCC2)C1. The number of carboxylic acid groups (broad SMARTS) is 1. The molecule has 6 nitrogen and oxygen atoms in total. The van der Waals surface area contributed by atoms with Crippen LogP contribution in [0.3, 0.4) is 0 Å². The fraction of sp³-hybridized carbons (Fsp3) is 0.636. The van der Waals surface area contributed by atoms with Gasteiger partial charge in [-0.3, -0.25) is 4.79 Å². The summed E-state index contributed by atoms with van der Waals surface area (Å²) in [6.07, 6.45) is 3.81. The van der Waals surface area contributed by atoms with E-state index in [2.05, 4.69) is 5.32 Å². The number of nitrogens with one attached hydrogen (secondary N) is 1. The van der Waals surface area contributed by atoms with Crippen LogP contribution in [0.25, 0.3) is 0 Å². The maximum absolute atomic E-state index is 11.8. The van der Waals surface area contributed by atoms with Crippen LogP contribution in [0.15, 0.2) is 12.2 Å². The van der Waals surface area contributed by atoms with Crippen molar-refractivity contribution in [2.45, 2.75) is 12.5 Å². The molecule has 1 heterocycles. The molecule has 0 radical (unpaired) electrons. The van der Waals surface area contributed by atoms with Crippen molar-refractivity contribution in [1.29, 1.82) is 0 Å². The fourth-order valence-electron chi connectivity index (χ4n) is 2.01. The summed E-state index contributed by atoms with van der Waals surface area (Å²) in [5.41, 5.74) is 0. The molecule has 0 aromatic rings. The molecule has 2 aliphatic rings. The van der Waals surface area contributed by atoms with Crippen LogP contribution in [-0.4, -0.2) is 54.4 Å². The summed E-state index contributed by atoms with van der Waals surface area (Å²) in [5.74, 6) is -1.32. The van der Waals surface area contributed by atoms with Gasteiger partial charge in [0.1, 0.15) is 0 Å². The van der Waals surface area contributed by atoms with Crippen LogP contribution in [0.5, 0.6) is 0 Å². The molecule has 6 heteroatoms. The van der Waals surface area contributed by atoms with Crippen LogP contribution in [0.2, 0.25) is 0 Å². The van der Waals surface area contributed by atoms with Gasteiger partial charge in [0, 0.05) is 13.1 Å². The van der Waals surface area contributed by atoms with E-state index in [9.17, 15) is 9.59 Å². The molecule has 94 valence electrons. The highest BCUT2D eigenvalue weighted by Crippen LogP contribution is 2.18. The summed E-state index contributed by atoms with van der Waals surface area (Å²) in [5, 5.41) is 11.6. The maximum Gasteiger partial charge on any atom is 0.318 e. The lowest BCUT2D eigenvalue weighted by Crippen LogP contribution is -2.48. The van der Waals surface area contributed by atoms with Crippen molar-refractivity contribution in [1.82, 2.24) is 10.2 Å². The zero-order chi connectivity index (χ0) is 12.3. The number of hydrogen-bond donors (Lipinski definition) is 2. The van der Waals surface area contributed by atoms with Gasteiger partial charge >= 0.3 is 12.0 Å². The van der Waals surface area contributed by atoms with Crippen molar-refractivity contribution in [2.75, 3.05) is 26.3 Å². The Labute approximate surface area is 99.2 Å². The molecule has 0 spiro atoms. The smallest absolute Gasteiger partial charge is 0.318 e. The molecule has 1 fully saturated rings. The minimum Gasteiger partial charge on any atom is -0.481 e. The van der Waals surface area contributed by atoms with E-state index in [1.807, 2.05) is 0 Å². The van der Waals surface area contributed by atoms with Crippen LogP contribution in [0.4, 0.5) is 4.79 Å². The molecule has 2 amide bonds. The third-order valence-corrected chi connectivity index (χ3v) is 3.01. The van der Waals surface area contributed by atoms with Crippen LogP contribution >= 0.6 is 0 Å². The first-order chi connectivity index (χ1) is 8.16. The minimum absolute atomic E-state index is 0.144. The molecule has 2 rings (SSSR count). The predicted molar refractivity (Wildman–Crippen MR) is 59.6 cm³/mol. The highest BCUT2D eigenvalue weighted by molar-refractivity contribution is 5.76. The summed E-state index contributed by atoms with van der Waals surface area (Å²) >= 11 is 0. The lowest BCUT2D eigenvalue weighted by molar-refractivity contribution is -0.140. The Bertz CT molecular complexity index is 336. The van der Waals surface area contributed by atoms with Crippen molar-refractivity contribution in [3.05, 3.63) is 12.2 Å². The molecule has 17 heavy (non-hydrogen) atoms. The van der Waals surface area contributed by atoms with Gasteiger partial charge in [0.05, 0.1) is 25.2 Å². The van der Waals surface area contributed by atoms with E-state index in [1.165, 1.54) is 0 Å². The number of carbonyl (C=O) groups excluding carboxylic acids is 1. The van der Waals surface area contributed by atoms with Crippen LogP contribution < -0.4 is 5.32 Å². The quantitative estimate of drug-likeness (QED) is 0.669. The summed E-state index contributed by atoms with van der Waals surface area (Å²) in [4.78, 5) is 24.2. The number of carboxylic acids is 1. The summed E-state index contributed by atoms with van der Waals surface area (Å²) in [6.45, 7) is 2.30. The Kier molecular flexibility index (Phi) is 3.63. The minimum atomic E-state index is -0.843. The number of rotatable bonds is 2. The molecule has 1 aliphatic carbocycles. The molecule has 2 N–H and O–H groups in total. The third kappa shape index (κ3) is 2.97. The van der Waals surface area contributed by atoms with Gasteiger partial charge in [0.2, 0.25) is 0 Å². The van der Waals surface area contributed by atoms with Gasteiger partial charge in [-0.1, -0.05) is 12.2 Å². The number of ether oxygens (including phenoxy) is 1. The number of amides is 2. The van der Waals surface area contributed by atoms with E-state index in [4.69, 9.17) is 9.84 Å². The number of carbonyl (C=O) groups is 2. The standard InChI is InChI=1S/C11H16N2O4/c14-10(15)8-1-2-9(7-8)12-11(16)13-3-5-17-6-4-13/h1-2,8-9H,3-7H2,(H,12,16)(H,14,15). The Morgan fingerprint density at radius 1 is 1.29 bits per heavy atom. The molecule has 0 aromatic heterocycles. The van der Waals surface area contributed by atoms with Gasteiger partial charge in [-0.25, -0.2) is 4.79 Å². The number of urea groups is 1. The highest BCUT2D eigenvalue weighted by Gasteiger charge is 2.27. The monoisotopic (exact) mass is 240 g/mol. The highest BCUT2D eigenvalue weighted by atomic mass is 16.5. The van der Waals surface area contributed by atoms with Crippen molar-refractivity contribution >= 4 is 12.0 Å². The lowest BCUT2D eigenvalue weighted by Gasteiger charge is -2.28. The fourth-order valence-corrected chi connectivity index (χ4v) is 2.01. The van der Waals surface area contributed by atoms with Gasteiger partial charge < -0.3 is 20.1 Å². The van der Waals surface area contributed by atoms with Crippen LogP contribution in [-0.2, 0) is 9.53 Å². The Morgan fingerprint density at radius 3 is 2.59 bits per heavy atom. The first-order valence-electron chi connectivity index (χ1n) is 5.71. The van der Waals surface area contributed by atoms with E-state index in [-0.39, 0.29) is 12.1 Å². The zero-order valence-electron chi connectivity index (χ0n) is 9.46. The second kappa shape index (κ2) is 5.18. The van der Waals surface area contributed by atoms with Gasteiger partial charge in [-0.2, -0.15) is 0 Å². The summed E-state index contributed by atoms with van der Waals surface area (Å²) in [6, 6.07) is -0.319. The van der Waals surface area contributed by atoms with E-state index in [0.29, 0.717) is 32.7 Å². The van der Waals surface area contributed by atoms with Gasteiger partial charge in [-0.05, 0) is 6.42 Å². The molecule has 0 aromatic carbocycles. The normalized spacial score (nSPS) is 28.1. The van der Waals surface area contributed by atoms with E-state index in [0.717, 1.165) is 0 Å². The molecule has 1 saturated heterocycles. The molecule has 0 bridgehead atoms. The lowest BCUT2D eigenvalue weighted by atomic mass is 10.1. The molecule has 2 unspecified atom stereocenters. The van der Waals surface area contributed by atoms with Crippen LogP contribution in [0.1, 0.15) is 6.42 Å². The Balaban J connectivity index is 1.80. The Morgan fingerprint density at radius 2 is 2.00 bits per heavy atom. The molecular formula is C11H16N2O4. The van der Waals surface area contributed by atoms with Crippen molar-refractivity contribution in [3.63, 3.8) is 0 Å². The maximum atomic E-state index is 11.8. The third-order valence-electron chi connectivity index (χ3n) is 3.01. The van der Waals surface area contributed by atoms with Gasteiger partial charge in [0.25, 0.3) is 0 Å². The first-order valence-corrected chi connectivity index (χ1v) is 5.71. The predicted octanol–water partition coefficient (Wildman–Crippen LogP) is 0.0575. The number of nitrogens with zero attached hydrogens (tertiary/aromatic N) is 1. The average molecular weight is 240 g/mol. The molecule has 1 aliphatic heterocycles. The molecule has 0 saturated carbocycles. The number of morpholine rings is 1. The topological polar surface area (TPSA) is 78.9 Å². The van der Waals surface area contributed by atoms with Crippen molar-refractivity contribution in [3.8, 4) is 0 Å². The second-order valence-electron chi connectivity index (χ2n) is 4.22. The summed E-state index contributed by atoms with van der Waals surface area (Å²) < 4.78 is 5.16. The summed E-state index contributed by atoms with van der Waals surface area (Å²) in [7, 11) is 0. The number of hydrogen-bond acceptors (Lipinski definition) is 3. The molecular weight excluding hydrogens is 224 g/mol. The van der Waals surface area contributed by atoms with E-state index < -0.39 is 11.9 Å². The molecule has 2 atom stereocenters. The van der Waals surface area contributed by atoms with Crippen LogP contribution in [0, 0.1) is 5.92 Å². The van der Waals surface area contributed by atoms with Crippen molar-refractivity contribution < 1.29 is 19.4 Å². The van der Waals surface area contributed by atoms with Gasteiger partial charge in [-0.15, -0.1) is 0 Å². The first kappa shape index (κ1) is 11.9. The van der Waals surface area contributed by atoms with E-state index >= 15 is 0 Å². The zero-order valence-corrected chi connectivity index (χ0v) is 9.46. The average Bonchev–Trinajstić information content (AvgIpc) is 2.79. The largest absolute Gasteiger partial charge is 0.481 e.